The van der Waals surface area contributed by atoms with Crippen LogP contribution < -0.4 is 4.90 Å². The number of pyridine rings is 1. The van der Waals surface area contributed by atoms with Gasteiger partial charge in [-0.25, -0.2) is 9.37 Å². The van der Waals surface area contributed by atoms with Crippen LogP contribution in [-0.4, -0.2) is 22.7 Å². The van der Waals surface area contributed by atoms with E-state index in [0.717, 1.165) is 34.3 Å². The van der Waals surface area contributed by atoms with E-state index in [1.807, 2.05) is 13.0 Å². The van der Waals surface area contributed by atoms with E-state index in [1.165, 1.54) is 12.1 Å². The number of hydrogen-bond donors (Lipinski definition) is 1. The summed E-state index contributed by atoms with van der Waals surface area (Å²) in [6.45, 7) is 2.49. The first-order valence-corrected chi connectivity index (χ1v) is 8.16. The van der Waals surface area contributed by atoms with Crippen LogP contribution in [0.1, 0.15) is 30.1 Å². The van der Waals surface area contributed by atoms with Crippen LogP contribution in [0.3, 0.4) is 0 Å². The Morgan fingerprint density at radius 1 is 1.36 bits per heavy atom. The Balaban J connectivity index is 1.79. The Morgan fingerprint density at radius 3 is 2.64 bits per heavy atom. The van der Waals surface area contributed by atoms with Crippen molar-refractivity contribution < 1.29 is 9.50 Å². The predicted molar refractivity (Wildman–Crippen MR) is 88.4 cm³/mol. The highest BCUT2D eigenvalue weighted by Gasteiger charge is 2.31. The van der Waals surface area contributed by atoms with Gasteiger partial charge >= 0.3 is 0 Å². The Kier molecular flexibility index (Phi) is 4.45. The van der Waals surface area contributed by atoms with Gasteiger partial charge in [-0.1, -0.05) is 12.1 Å². The first-order chi connectivity index (χ1) is 10.5. The minimum Gasteiger partial charge on any atom is -0.387 e. The van der Waals surface area contributed by atoms with E-state index in [4.69, 9.17) is 0 Å². The van der Waals surface area contributed by atoms with Crippen molar-refractivity contribution in [2.75, 3.05) is 11.4 Å². The Morgan fingerprint density at radius 2 is 2.05 bits per heavy atom. The maximum Gasteiger partial charge on any atom is 0.129 e. The molecule has 0 aliphatic heterocycles. The molecule has 3 nitrogen and oxygen atoms in total. The quantitative estimate of drug-likeness (QED) is 0.870. The highest BCUT2D eigenvalue weighted by molar-refractivity contribution is 9.10. The van der Waals surface area contributed by atoms with Crippen LogP contribution in [0.2, 0.25) is 0 Å². The lowest BCUT2D eigenvalue weighted by Crippen LogP contribution is -2.31. The summed E-state index contributed by atoms with van der Waals surface area (Å²) in [7, 11) is 0. The van der Waals surface area contributed by atoms with Gasteiger partial charge in [-0.2, -0.15) is 0 Å². The molecule has 116 valence electrons. The Hall–Kier alpha value is -1.46. The minimum absolute atomic E-state index is 0.291. The lowest BCUT2D eigenvalue weighted by atomic mass is 10.1. The van der Waals surface area contributed by atoms with Gasteiger partial charge < -0.3 is 10.0 Å². The number of rotatable bonds is 5. The van der Waals surface area contributed by atoms with Crippen molar-refractivity contribution in [1.29, 1.82) is 0 Å². The third-order valence-corrected chi connectivity index (χ3v) is 4.77. The zero-order valence-corrected chi connectivity index (χ0v) is 13.9. The third kappa shape index (κ3) is 3.47. The molecular weight excluding hydrogens is 347 g/mol. The lowest BCUT2D eigenvalue weighted by molar-refractivity contribution is 0.182. The minimum atomic E-state index is -0.660. The SMILES string of the molecule is Cc1cc(N(CC(O)c2ccc(F)cc2)C2CC2)ncc1Br. The summed E-state index contributed by atoms with van der Waals surface area (Å²) >= 11 is 3.46. The van der Waals surface area contributed by atoms with Crippen LogP contribution in [0, 0.1) is 12.7 Å². The number of anilines is 1. The van der Waals surface area contributed by atoms with Crippen LogP contribution >= 0.6 is 15.9 Å². The summed E-state index contributed by atoms with van der Waals surface area (Å²) in [5.74, 6) is 0.588. The number of nitrogens with zero attached hydrogens (tertiary/aromatic N) is 2. The number of aryl methyl sites for hydroxylation is 1. The number of aliphatic hydroxyl groups is 1. The molecule has 1 aromatic carbocycles. The van der Waals surface area contributed by atoms with Crippen molar-refractivity contribution >= 4 is 21.7 Å². The van der Waals surface area contributed by atoms with E-state index >= 15 is 0 Å². The van der Waals surface area contributed by atoms with E-state index in [9.17, 15) is 9.50 Å². The molecule has 1 aliphatic rings. The van der Waals surface area contributed by atoms with Crippen molar-refractivity contribution in [1.82, 2.24) is 4.98 Å². The van der Waals surface area contributed by atoms with Crippen molar-refractivity contribution in [3.05, 3.63) is 57.9 Å². The van der Waals surface area contributed by atoms with Gasteiger partial charge in [0.05, 0.1) is 6.10 Å². The predicted octanol–water partition coefficient (Wildman–Crippen LogP) is 3.99. The second kappa shape index (κ2) is 6.34. The monoisotopic (exact) mass is 364 g/mol. The fourth-order valence-corrected chi connectivity index (χ4v) is 2.69. The fourth-order valence-electron chi connectivity index (χ4n) is 2.47. The first kappa shape index (κ1) is 15.4. The molecule has 0 saturated heterocycles. The molecule has 0 amide bonds. The van der Waals surface area contributed by atoms with Gasteiger partial charge in [0, 0.05) is 23.3 Å². The fraction of sp³-hybridized carbons (Fsp3) is 0.353. The van der Waals surface area contributed by atoms with Crippen molar-refractivity contribution in [3.63, 3.8) is 0 Å². The molecule has 0 radical (unpaired) electrons. The zero-order valence-electron chi connectivity index (χ0n) is 12.3. The van der Waals surface area contributed by atoms with E-state index in [-0.39, 0.29) is 5.82 Å². The molecule has 3 rings (SSSR count). The van der Waals surface area contributed by atoms with Gasteiger partial charge in [0.15, 0.2) is 0 Å². The van der Waals surface area contributed by atoms with E-state index < -0.39 is 6.10 Å². The van der Waals surface area contributed by atoms with E-state index in [1.54, 1.807) is 18.3 Å². The normalized spacial score (nSPS) is 15.6. The first-order valence-electron chi connectivity index (χ1n) is 7.37. The highest BCUT2D eigenvalue weighted by Crippen LogP contribution is 2.33. The number of aromatic nitrogens is 1. The van der Waals surface area contributed by atoms with Crippen molar-refractivity contribution in [3.8, 4) is 0 Å². The summed E-state index contributed by atoms with van der Waals surface area (Å²) in [5, 5.41) is 10.4. The second-order valence-corrected chi connectivity index (χ2v) is 6.60. The molecule has 2 aromatic rings. The topological polar surface area (TPSA) is 36.4 Å². The Labute approximate surface area is 137 Å². The summed E-state index contributed by atoms with van der Waals surface area (Å²) in [5.41, 5.74) is 1.84. The molecule has 1 N–H and O–H groups in total. The van der Waals surface area contributed by atoms with Gasteiger partial charge in [-0.15, -0.1) is 0 Å². The molecule has 0 bridgehead atoms. The van der Waals surface area contributed by atoms with Gasteiger partial charge in [-0.05, 0) is 65.0 Å². The average molecular weight is 365 g/mol. The summed E-state index contributed by atoms with van der Waals surface area (Å²) in [6, 6.07) is 8.48. The molecule has 1 heterocycles. The molecule has 1 aromatic heterocycles. The van der Waals surface area contributed by atoms with Crippen molar-refractivity contribution in [2.45, 2.75) is 31.9 Å². The lowest BCUT2D eigenvalue weighted by Gasteiger charge is -2.27. The van der Waals surface area contributed by atoms with Gasteiger partial charge in [0.1, 0.15) is 11.6 Å². The Bertz CT molecular complexity index is 658. The summed E-state index contributed by atoms with van der Waals surface area (Å²) in [4.78, 5) is 6.62. The van der Waals surface area contributed by atoms with Gasteiger partial charge in [-0.3, -0.25) is 0 Å². The van der Waals surface area contributed by atoms with E-state index in [2.05, 4.69) is 25.8 Å². The number of aliphatic hydroxyl groups excluding tert-OH is 1. The third-order valence-electron chi connectivity index (χ3n) is 3.94. The average Bonchev–Trinajstić information content (AvgIpc) is 3.33. The largest absolute Gasteiger partial charge is 0.387 e. The maximum atomic E-state index is 13.0. The molecule has 1 unspecified atom stereocenters. The molecule has 5 heteroatoms. The second-order valence-electron chi connectivity index (χ2n) is 5.74. The van der Waals surface area contributed by atoms with Crippen LogP contribution in [0.25, 0.3) is 0 Å². The van der Waals surface area contributed by atoms with Crippen molar-refractivity contribution in [2.24, 2.45) is 0 Å². The van der Waals surface area contributed by atoms with Crippen LogP contribution in [0.4, 0.5) is 10.2 Å². The number of hydrogen-bond acceptors (Lipinski definition) is 3. The van der Waals surface area contributed by atoms with Crippen LogP contribution in [0.5, 0.6) is 0 Å². The molecule has 22 heavy (non-hydrogen) atoms. The molecule has 1 atom stereocenters. The molecule has 1 saturated carbocycles. The number of benzene rings is 1. The smallest absolute Gasteiger partial charge is 0.129 e. The molecule has 1 fully saturated rings. The molecular formula is C17H18BrFN2O. The van der Waals surface area contributed by atoms with Gasteiger partial charge in [0.25, 0.3) is 0 Å². The summed E-state index contributed by atoms with van der Waals surface area (Å²) in [6.07, 6.45) is 3.37. The highest BCUT2D eigenvalue weighted by atomic mass is 79.9. The standard InChI is InChI=1S/C17H18BrFN2O/c1-11-8-17(20-9-15(11)18)21(14-6-7-14)10-16(22)12-2-4-13(19)5-3-12/h2-5,8-9,14,16,22H,6-7,10H2,1H3. The summed E-state index contributed by atoms with van der Waals surface area (Å²) < 4.78 is 14.0. The maximum absolute atomic E-state index is 13.0. The van der Waals surface area contributed by atoms with E-state index in [0.29, 0.717) is 12.6 Å². The van der Waals surface area contributed by atoms with Gasteiger partial charge in [0.2, 0.25) is 0 Å². The molecule has 1 aliphatic carbocycles. The van der Waals surface area contributed by atoms with Crippen LogP contribution in [-0.2, 0) is 0 Å². The van der Waals surface area contributed by atoms with Crippen LogP contribution in [0.15, 0.2) is 41.0 Å². The molecule has 0 spiro atoms. The number of halogens is 2. The zero-order chi connectivity index (χ0) is 15.7.